The second kappa shape index (κ2) is 5.20. The number of nitrogens with zero attached hydrogens (tertiary/aromatic N) is 2. The van der Waals surface area contributed by atoms with Crippen LogP contribution in [0.2, 0.25) is 0 Å². The second-order valence-electron chi connectivity index (χ2n) is 5.81. The van der Waals surface area contributed by atoms with Crippen molar-refractivity contribution in [1.82, 2.24) is 9.55 Å². The number of alkyl halides is 3. The highest BCUT2D eigenvalue weighted by Gasteiger charge is 2.30. The number of benzene rings is 1. The van der Waals surface area contributed by atoms with Crippen LogP contribution in [0.4, 0.5) is 13.2 Å². The fraction of sp³-hybridized carbons (Fsp3) is 0.438. The molecule has 21 heavy (non-hydrogen) atoms. The normalized spacial score (nSPS) is 18.6. The van der Waals surface area contributed by atoms with Crippen molar-refractivity contribution in [2.45, 2.75) is 38.9 Å². The van der Waals surface area contributed by atoms with Crippen LogP contribution in [0.5, 0.6) is 0 Å². The van der Waals surface area contributed by atoms with Crippen molar-refractivity contribution in [3.8, 4) is 0 Å². The first-order valence-corrected chi connectivity index (χ1v) is 7.13. The predicted octanol–water partition coefficient (Wildman–Crippen LogP) is 4.08. The minimum absolute atomic E-state index is 0.443. The zero-order valence-corrected chi connectivity index (χ0v) is 11.8. The third kappa shape index (κ3) is 3.12. The molecular formula is C16H17F3N2. The van der Waals surface area contributed by atoms with Crippen LogP contribution in [0.1, 0.15) is 36.0 Å². The van der Waals surface area contributed by atoms with Crippen molar-refractivity contribution in [3.05, 3.63) is 53.1 Å². The third-order valence-corrected chi connectivity index (χ3v) is 3.94. The maximum absolute atomic E-state index is 12.7. The number of hydrogen-bond donors (Lipinski definition) is 0. The molecule has 2 aromatic rings. The standard InChI is InChI=1S/C16H17F3N2/c1-11-5-6-21-10-14(20-15(21)7-11)9-12-3-2-4-13(8-12)16(17,18)19/h2-4,8,10-11H,5-7,9H2,1H3. The van der Waals surface area contributed by atoms with Crippen LogP contribution in [-0.2, 0) is 25.6 Å². The maximum Gasteiger partial charge on any atom is 0.416 e. The van der Waals surface area contributed by atoms with E-state index >= 15 is 0 Å². The van der Waals surface area contributed by atoms with Gasteiger partial charge in [-0.2, -0.15) is 13.2 Å². The predicted molar refractivity (Wildman–Crippen MR) is 74.0 cm³/mol. The van der Waals surface area contributed by atoms with Crippen molar-refractivity contribution in [3.63, 3.8) is 0 Å². The highest BCUT2D eigenvalue weighted by molar-refractivity contribution is 5.28. The van der Waals surface area contributed by atoms with E-state index in [9.17, 15) is 13.2 Å². The van der Waals surface area contributed by atoms with Gasteiger partial charge < -0.3 is 4.57 Å². The molecule has 1 aliphatic heterocycles. The molecule has 5 heteroatoms. The summed E-state index contributed by atoms with van der Waals surface area (Å²) in [6.45, 7) is 3.15. The average molecular weight is 294 g/mol. The Morgan fingerprint density at radius 1 is 1.33 bits per heavy atom. The molecule has 1 aromatic heterocycles. The Kier molecular flexibility index (Phi) is 3.51. The van der Waals surface area contributed by atoms with Crippen LogP contribution in [0.25, 0.3) is 0 Å². The summed E-state index contributed by atoms with van der Waals surface area (Å²) in [5.74, 6) is 1.68. The first kappa shape index (κ1) is 14.2. The van der Waals surface area contributed by atoms with Gasteiger partial charge in [-0.1, -0.05) is 25.1 Å². The molecule has 0 amide bonds. The van der Waals surface area contributed by atoms with Gasteiger partial charge in [0.05, 0.1) is 11.3 Å². The number of imidazole rings is 1. The lowest BCUT2D eigenvalue weighted by molar-refractivity contribution is -0.137. The minimum atomic E-state index is -4.29. The first-order valence-electron chi connectivity index (χ1n) is 7.13. The Bertz CT molecular complexity index is 643. The van der Waals surface area contributed by atoms with Crippen LogP contribution in [0.15, 0.2) is 30.5 Å². The number of rotatable bonds is 2. The molecule has 0 saturated carbocycles. The fourth-order valence-corrected chi connectivity index (χ4v) is 2.79. The molecule has 0 aliphatic carbocycles. The van der Waals surface area contributed by atoms with E-state index in [1.165, 1.54) is 12.1 Å². The largest absolute Gasteiger partial charge is 0.416 e. The van der Waals surface area contributed by atoms with Gasteiger partial charge in [-0.25, -0.2) is 4.98 Å². The summed E-state index contributed by atoms with van der Waals surface area (Å²) in [7, 11) is 0. The smallest absolute Gasteiger partial charge is 0.335 e. The number of aryl methyl sites for hydroxylation is 1. The molecule has 0 N–H and O–H groups in total. The highest BCUT2D eigenvalue weighted by atomic mass is 19.4. The molecule has 0 saturated heterocycles. The van der Waals surface area contributed by atoms with E-state index in [-0.39, 0.29) is 0 Å². The summed E-state index contributed by atoms with van der Waals surface area (Å²) in [6, 6.07) is 5.48. The van der Waals surface area contributed by atoms with Crippen LogP contribution < -0.4 is 0 Å². The number of halogens is 3. The molecule has 112 valence electrons. The van der Waals surface area contributed by atoms with E-state index in [1.54, 1.807) is 6.07 Å². The fourth-order valence-electron chi connectivity index (χ4n) is 2.79. The summed E-state index contributed by atoms with van der Waals surface area (Å²) in [4.78, 5) is 4.57. The van der Waals surface area contributed by atoms with E-state index in [2.05, 4.69) is 16.5 Å². The van der Waals surface area contributed by atoms with Crippen molar-refractivity contribution in [2.24, 2.45) is 5.92 Å². The minimum Gasteiger partial charge on any atom is -0.335 e. The van der Waals surface area contributed by atoms with Gasteiger partial charge in [0.15, 0.2) is 0 Å². The van der Waals surface area contributed by atoms with Crippen LogP contribution in [0, 0.1) is 5.92 Å². The Morgan fingerprint density at radius 3 is 2.90 bits per heavy atom. The molecule has 1 aromatic carbocycles. The Hall–Kier alpha value is -1.78. The molecular weight excluding hydrogens is 277 g/mol. The molecule has 1 unspecified atom stereocenters. The molecule has 0 bridgehead atoms. The zero-order valence-electron chi connectivity index (χ0n) is 11.8. The topological polar surface area (TPSA) is 17.8 Å². The molecule has 0 radical (unpaired) electrons. The van der Waals surface area contributed by atoms with E-state index < -0.39 is 11.7 Å². The molecule has 2 nitrogen and oxygen atoms in total. The zero-order chi connectivity index (χ0) is 15.0. The summed E-state index contributed by atoms with van der Waals surface area (Å²) in [5, 5.41) is 0. The van der Waals surface area contributed by atoms with E-state index in [0.29, 0.717) is 17.9 Å². The second-order valence-corrected chi connectivity index (χ2v) is 5.81. The quantitative estimate of drug-likeness (QED) is 0.816. The number of aromatic nitrogens is 2. The SMILES string of the molecule is CC1CCn2cc(Cc3cccc(C(F)(F)F)c3)nc2C1. The monoisotopic (exact) mass is 294 g/mol. The van der Waals surface area contributed by atoms with Gasteiger partial charge in [0.1, 0.15) is 5.82 Å². The van der Waals surface area contributed by atoms with Crippen molar-refractivity contribution in [2.75, 3.05) is 0 Å². The lowest BCUT2D eigenvalue weighted by Gasteiger charge is -2.18. The van der Waals surface area contributed by atoms with E-state index in [4.69, 9.17) is 0 Å². The van der Waals surface area contributed by atoms with Gasteiger partial charge in [-0.05, 0) is 24.0 Å². The summed E-state index contributed by atoms with van der Waals surface area (Å²) in [5.41, 5.74) is 0.893. The van der Waals surface area contributed by atoms with Gasteiger partial charge in [0, 0.05) is 25.6 Å². The highest BCUT2D eigenvalue weighted by Crippen LogP contribution is 2.30. The summed E-state index contributed by atoms with van der Waals surface area (Å²) in [6.07, 6.45) is 0.202. The van der Waals surface area contributed by atoms with Crippen LogP contribution >= 0.6 is 0 Å². The first-order chi connectivity index (χ1) is 9.91. The molecule has 2 heterocycles. The lowest BCUT2D eigenvalue weighted by atomic mass is 10.0. The van der Waals surface area contributed by atoms with E-state index in [0.717, 1.165) is 37.0 Å². The molecule has 0 spiro atoms. The van der Waals surface area contributed by atoms with Gasteiger partial charge in [0.25, 0.3) is 0 Å². The molecule has 3 rings (SSSR count). The Morgan fingerprint density at radius 2 is 2.14 bits per heavy atom. The van der Waals surface area contributed by atoms with Crippen LogP contribution in [-0.4, -0.2) is 9.55 Å². The van der Waals surface area contributed by atoms with Crippen molar-refractivity contribution >= 4 is 0 Å². The molecule has 0 fully saturated rings. The number of hydrogen-bond acceptors (Lipinski definition) is 1. The van der Waals surface area contributed by atoms with Crippen LogP contribution in [0.3, 0.4) is 0 Å². The maximum atomic E-state index is 12.7. The van der Waals surface area contributed by atoms with Crippen molar-refractivity contribution < 1.29 is 13.2 Å². The van der Waals surface area contributed by atoms with Gasteiger partial charge in [-0.3, -0.25) is 0 Å². The Balaban J connectivity index is 1.81. The summed E-state index contributed by atoms with van der Waals surface area (Å²) < 4.78 is 40.3. The number of fused-ring (bicyclic) bond motifs is 1. The Labute approximate surface area is 121 Å². The van der Waals surface area contributed by atoms with Gasteiger partial charge in [0.2, 0.25) is 0 Å². The van der Waals surface area contributed by atoms with Gasteiger partial charge >= 0.3 is 6.18 Å². The third-order valence-electron chi connectivity index (χ3n) is 3.94. The van der Waals surface area contributed by atoms with Crippen molar-refractivity contribution in [1.29, 1.82) is 0 Å². The lowest BCUT2D eigenvalue weighted by Crippen LogP contribution is -2.16. The molecule has 1 atom stereocenters. The summed E-state index contributed by atoms with van der Waals surface area (Å²) >= 11 is 0. The van der Waals surface area contributed by atoms with E-state index in [1.807, 2.05) is 6.20 Å². The molecule has 1 aliphatic rings. The average Bonchev–Trinajstić information content (AvgIpc) is 2.79. The van der Waals surface area contributed by atoms with Gasteiger partial charge in [-0.15, -0.1) is 0 Å².